The molecule has 192 valence electrons. The summed E-state index contributed by atoms with van der Waals surface area (Å²) in [6.45, 7) is 2.07. The number of carbonyl (C=O) groups is 2. The van der Waals surface area contributed by atoms with E-state index in [1.165, 1.54) is 11.8 Å². The Labute approximate surface area is 231 Å². The van der Waals surface area contributed by atoms with E-state index in [-0.39, 0.29) is 5.91 Å². The Kier molecular flexibility index (Phi) is 9.50. The highest BCUT2D eigenvalue weighted by molar-refractivity contribution is 8.00. The molecule has 4 aromatic carbocycles. The number of hydrogen-bond acceptors (Lipinski definition) is 5. The van der Waals surface area contributed by atoms with E-state index in [9.17, 15) is 9.59 Å². The third-order valence-corrected chi connectivity index (χ3v) is 6.87. The fourth-order valence-corrected chi connectivity index (χ4v) is 4.84. The van der Waals surface area contributed by atoms with Gasteiger partial charge in [0.25, 0.3) is 0 Å². The molecular formula is C30H27N3O3S2. The first-order valence-corrected chi connectivity index (χ1v) is 13.3. The second-order valence-corrected chi connectivity index (χ2v) is 9.75. The summed E-state index contributed by atoms with van der Waals surface area (Å²) in [5.74, 6) is -0.557. The van der Waals surface area contributed by atoms with Gasteiger partial charge in [-0.1, -0.05) is 48.5 Å². The van der Waals surface area contributed by atoms with Crippen LogP contribution in [0.15, 0.2) is 114 Å². The van der Waals surface area contributed by atoms with E-state index in [2.05, 4.69) is 16.0 Å². The smallest absolute Gasteiger partial charge is 0.338 e. The molecule has 1 unspecified atom stereocenters. The summed E-state index contributed by atoms with van der Waals surface area (Å²) >= 11 is 6.86. The molecule has 0 radical (unpaired) electrons. The average Bonchev–Trinajstić information content (AvgIpc) is 2.94. The summed E-state index contributed by atoms with van der Waals surface area (Å²) in [6, 6.07) is 33.8. The molecule has 0 saturated heterocycles. The molecule has 6 nitrogen and oxygen atoms in total. The summed E-state index contributed by atoms with van der Waals surface area (Å²) in [5.41, 5.74) is 3.66. The van der Waals surface area contributed by atoms with Crippen molar-refractivity contribution in [3.63, 3.8) is 0 Å². The van der Waals surface area contributed by atoms with Gasteiger partial charge in [-0.25, -0.2) is 4.79 Å². The van der Waals surface area contributed by atoms with E-state index in [4.69, 9.17) is 17.0 Å². The SMILES string of the molecule is CCOC(=O)c1ccc(NC(=O)C(Sc2ccc(NC(=S)Nc3ccccc3)cc2)c2ccccc2)cc1. The summed E-state index contributed by atoms with van der Waals surface area (Å²) in [7, 11) is 0. The van der Waals surface area contributed by atoms with Crippen molar-refractivity contribution in [3.05, 3.63) is 120 Å². The molecule has 0 aliphatic heterocycles. The van der Waals surface area contributed by atoms with Gasteiger partial charge in [0, 0.05) is 22.0 Å². The number of thiocarbonyl (C=S) groups is 1. The van der Waals surface area contributed by atoms with Gasteiger partial charge in [-0.15, -0.1) is 11.8 Å². The molecular weight excluding hydrogens is 514 g/mol. The quantitative estimate of drug-likeness (QED) is 0.118. The van der Waals surface area contributed by atoms with Crippen LogP contribution in [-0.2, 0) is 9.53 Å². The van der Waals surface area contributed by atoms with Crippen molar-refractivity contribution in [2.24, 2.45) is 0 Å². The lowest BCUT2D eigenvalue weighted by Crippen LogP contribution is -2.19. The Balaban J connectivity index is 1.43. The van der Waals surface area contributed by atoms with E-state index < -0.39 is 11.2 Å². The van der Waals surface area contributed by atoms with Gasteiger partial charge in [0.2, 0.25) is 5.91 Å². The number of carbonyl (C=O) groups excluding carboxylic acids is 2. The number of anilines is 3. The number of para-hydroxylation sites is 1. The predicted molar refractivity (Wildman–Crippen MR) is 159 cm³/mol. The van der Waals surface area contributed by atoms with Gasteiger partial charge < -0.3 is 20.7 Å². The number of nitrogens with one attached hydrogen (secondary N) is 3. The lowest BCUT2D eigenvalue weighted by Gasteiger charge is -2.18. The fraction of sp³-hybridized carbons (Fsp3) is 0.100. The van der Waals surface area contributed by atoms with E-state index in [0.29, 0.717) is 23.0 Å². The van der Waals surface area contributed by atoms with Crippen LogP contribution >= 0.6 is 24.0 Å². The predicted octanol–water partition coefficient (Wildman–Crippen LogP) is 7.14. The Morgan fingerprint density at radius 1 is 0.737 bits per heavy atom. The number of thioether (sulfide) groups is 1. The summed E-state index contributed by atoms with van der Waals surface area (Å²) in [5, 5.41) is 9.30. The zero-order valence-corrected chi connectivity index (χ0v) is 22.4. The van der Waals surface area contributed by atoms with Crippen LogP contribution in [0.25, 0.3) is 0 Å². The first-order valence-electron chi connectivity index (χ1n) is 12.0. The van der Waals surface area contributed by atoms with Crippen molar-refractivity contribution in [2.75, 3.05) is 22.6 Å². The van der Waals surface area contributed by atoms with Crippen molar-refractivity contribution in [3.8, 4) is 0 Å². The van der Waals surface area contributed by atoms with Crippen molar-refractivity contribution >= 4 is 58.0 Å². The van der Waals surface area contributed by atoms with Crippen LogP contribution in [0.5, 0.6) is 0 Å². The van der Waals surface area contributed by atoms with Gasteiger partial charge in [0.1, 0.15) is 5.25 Å². The van der Waals surface area contributed by atoms with Crippen LogP contribution in [0.2, 0.25) is 0 Å². The topological polar surface area (TPSA) is 79.5 Å². The second-order valence-electron chi connectivity index (χ2n) is 8.17. The maximum Gasteiger partial charge on any atom is 0.338 e. The van der Waals surface area contributed by atoms with Gasteiger partial charge in [-0.05, 0) is 85.4 Å². The van der Waals surface area contributed by atoms with E-state index in [0.717, 1.165) is 21.8 Å². The molecule has 8 heteroatoms. The summed E-state index contributed by atoms with van der Waals surface area (Å²) in [6.07, 6.45) is 0. The number of benzene rings is 4. The van der Waals surface area contributed by atoms with Gasteiger partial charge in [0.05, 0.1) is 12.2 Å². The monoisotopic (exact) mass is 541 g/mol. The minimum atomic E-state index is -0.486. The van der Waals surface area contributed by atoms with Crippen LogP contribution in [-0.4, -0.2) is 23.6 Å². The van der Waals surface area contributed by atoms with Gasteiger partial charge in [0.15, 0.2) is 5.11 Å². The molecule has 0 aliphatic carbocycles. The minimum Gasteiger partial charge on any atom is -0.462 e. The Hall–Kier alpha value is -4.14. The van der Waals surface area contributed by atoms with Gasteiger partial charge in [-0.3, -0.25) is 4.79 Å². The molecule has 0 aromatic heterocycles. The highest BCUT2D eigenvalue weighted by Crippen LogP contribution is 2.36. The molecule has 0 spiro atoms. The number of ether oxygens (including phenoxy) is 1. The fourth-order valence-electron chi connectivity index (χ4n) is 3.58. The van der Waals surface area contributed by atoms with Crippen molar-refractivity contribution in [2.45, 2.75) is 17.1 Å². The molecule has 0 aliphatic rings. The third kappa shape index (κ3) is 7.68. The third-order valence-electron chi connectivity index (χ3n) is 5.40. The number of amides is 1. The molecule has 38 heavy (non-hydrogen) atoms. The minimum absolute atomic E-state index is 0.166. The second kappa shape index (κ2) is 13.4. The van der Waals surface area contributed by atoms with E-state index in [1.807, 2.05) is 84.9 Å². The zero-order chi connectivity index (χ0) is 26.7. The number of hydrogen-bond donors (Lipinski definition) is 3. The van der Waals surface area contributed by atoms with Crippen LogP contribution < -0.4 is 16.0 Å². The van der Waals surface area contributed by atoms with Crippen molar-refractivity contribution < 1.29 is 14.3 Å². The van der Waals surface area contributed by atoms with E-state index in [1.54, 1.807) is 31.2 Å². The number of esters is 1. The molecule has 4 rings (SSSR count). The van der Waals surface area contributed by atoms with Crippen molar-refractivity contribution in [1.82, 2.24) is 0 Å². The summed E-state index contributed by atoms with van der Waals surface area (Å²) in [4.78, 5) is 26.2. The number of rotatable bonds is 9. The van der Waals surface area contributed by atoms with Crippen LogP contribution in [0.3, 0.4) is 0 Å². The first-order chi connectivity index (χ1) is 18.5. The Morgan fingerprint density at radius 2 is 1.26 bits per heavy atom. The Morgan fingerprint density at radius 3 is 1.87 bits per heavy atom. The first kappa shape index (κ1) is 26.9. The lowest BCUT2D eigenvalue weighted by molar-refractivity contribution is -0.115. The normalized spacial score (nSPS) is 11.2. The molecule has 0 saturated carbocycles. The zero-order valence-electron chi connectivity index (χ0n) is 20.7. The summed E-state index contributed by atoms with van der Waals surface area (Å²) < 4.78 is 5.02. The molecule has 4 aromatic rings. The molecule has 1 amide bonds. The maximum absolute atomic E-state index is 13.4. The molecule has 0 fully saturated rings. The van der Waals surface area contributed by atoms with Gasteiger partial charge >= 0.3 is 5.97 Å². The Bertz CT molecular complexity index is 1360. The standard InChI is InChI=1S/C30H27N3O3S2/c1-2-36-29(35)22-13-15-24(16-14-22)31-28(34)27(21-9-5-3-6-10-21)38-26-19-17-25(18-20-26)33-30(37)32-23-11-7-4-8-12-23/h3-20,27H,2H2,1H3,(H,31,34)(H2,32,33,37). The van der Waals surface area contributed by atoms with Gasteiger partial charge in [-0.2, -0.15) is 0 Å². The molecule has 3 N–H and O–H groups in total. The van der Waals surface area contributed by atoms with Crippen LogP contribution in [0, 0.1) is 0 Å². The molecule has 0 heterocycles. The van der Waals surface area contributed by atoms with Crippen LogP contribution in [0.4, 0.5) is 17.1 Å². The highest BCUT2D eigenvalue weighted by atomic mass is 32.2. The highest BCUT2D eigenvalue weighted by Gasteiger charge is 2.22. The molecule has 1 atom stereocenters. The average molecular weight is 542 g/mol. The molecule has 0 bridgehead atoms. The largest absolute Gasteiger partial charge is 0.462 e. The van der Waals surface area contributed by atoms with E-state index >= 15 is 0 Å². The van der Waals surface area contributed by atoms with Crippen LogP contribution in [0.1, 0.15) is 28.1 Å². The lowest BCUT2D eigenvalue weighted by atomic mass is 10.1. The van der Waals surface area contributed by atoms with Crippen molar-refractivity contribution in [1.29, 1.82) is 0 Å². The maximum atomic E-state index is 13.4.